The number of hydrogen-bond donors (Lipinski definition) is 1. The second-order valence-corrected chi connectivity index (χ2v) is 7.84. The van der Waals surface area contributed by atoms with E-state index in [1.165, 1.54) is 11.8 Å². The van der Waals surface area contributed by atoms with E-state index in [0.29, 0.717) is 12.8 Å². The van der Waals surface area contributed by atoms with Crippen LogP contribution >= 0.6 is 11.8 Å². The minimum absolute atomic E-state index is 0.0271. The van der Waals surface area contributed by atoms with Gasteiger partial charge in [0.1, 0.15) is 0 Å². The molecule has 0 atom stereocenters. The predicted molar refractivity (Wildman–Crippen MR) is 112 cm³/mol. The van der Waals surface area contributed by atoms with E-state index in [2.05, 4.69) is 15.3 Å². The lowest BCUT2D eigenvalue weighted by molar-refractivity contribution is -0.116. The highest BCUT2D eigenvalue weighted by molar-refractivity contribution is 7.99. The molecule has 148 valence electrons. The Balaban J connectivity index is 1.30. The fourth-order valence-electron chi connectivity index (χ4n) is 3.03. The van der Waals surface area contributed by atoms with Crippen molar-refractivity contribution in [2.24, 2.45) is 0 Å². The van der Waals surface area contributed by atoms with Crippen molar-refractivity contribution in [2.75, 3.05) is 12.1 Å². The van der Waals surface area contributed by atoms with Crippen LogP contribution < -0.4 is 14.8 Å². The molecule has 1 N–H and O–H groups in total. The van der Waals surface area contributed by atoms with Crippen molar-refractivity contribution in [1.29, 1.82) is 0 Å². The molecule has 2 heterocycles. The number of ether oxygens (including phenoxy) is 2. The van der Waals surface area contributed by atoms with Gasteiger partial charge in [0.05, 0.1) is 0 Å². The molecule has 29 heavy (non-hydrogen) atoms. The lowest BCUT2D eigenvalue weighted by Gasteiger charge is -2.07. The summed E-state index contributed by atoms with van der Waals surface area (Å²) < 4.78 is 10.7. The van der Waals surface area contributed by atoms with Gasteiger partial charge in [0.2, 0.25) is 12.7 Å². The summed E-state index contributed by atoms with van der Waals surface area (Å²) in [4.78, 5) is 22.2. The third-order valence-corrected chi connectivity index (χ3v) is 5.26. The predicted octanol–water partition coefficient (Wildman–Crippen LogP) is 4.54. The first kappa shape index (κ1) is 19.3. The van der Waals surface area contributed by atoms with Crippen LogP contribution in [-0.2, 0) is 11.2 Å². The van der Waals surface area contributed by atoms with Gasteiger partial charge in [0.25, 0.3) is 0 Å². The number of carbonyl (C=O) groups excluding carboxylic acids is 1. The quantitative estimate of drug-likeness (QED) is 0.605. The molecule has 2 aromatic carbocycles. The van der Waals surface area contributed by atoms with Crippen LogP contribution in [0.5, 0.6) is 11.5 Å². The zero-order chi connectivity index (χ0) is 20.2. The maximum Gasteiger partial charge on any atom is 0.231 e. The summed E-state index contributed by atoms with van der Waals surface area (Å²) in [5, 5.41) is 3.66. The fraction of sp³-hybridized carbons (Fsp3) is 0.227. The van der Waals surface area contributed by atoms with E-state index in [-0.39, 0.29) is 12.7 Å². The molecular weight excluding hydrogens is 386 g/mol. The number of anilines is 1. The van der Waals surface area contributed by atoms with E-state index in [0.717, 1.165) is 44.2 Å². The van der Waals surface area contributed by atoms with E-state index >= 15 is 0 Å². The van der Waals surface area contributed by atoms with Crippen molar-refractivity contribution in [3.63, 3.8) is 0 Å². The molecule has 1 amide bonds. The first-order chi connectivity index (χ1) is 14.0. The van der Waals surface area contributed by atoms with E-state index in [9.17, 15) is 4.79 Å². The van der Waals surface area contributed by atoms with Crippen LogP contribution in [0.15, 0.2) is 58.6 Å². The number of aryl methyl sites for hydroxylation is 3. The van der Waals surface area contributed by atoms with Crippen LogP contribution in [0, 0.1) is 13.8 Å². The van der Waals surface area contributed by atoms with Gasteiger partial charge in [0.15, 0.2) is 16.7 Å². The second kappa shape index (κ2) is 8.53. The number of fused-ring (bicyclic) bond motifs is 1. The van der Waals surface area contributed by atoms with Crippen LogP contribution in [0.4, 0.5) is 5.69 Å². The number of carbonyl (C=O) groups is 1. The number of rotatable bonds is 6. The average molecular weight is 407 g/mol. The van der Waals surface area contributed by atoms with E-state index in [4.69, 9.17) is 9.47 Å². The second-order valence-electron chi connectivity index (χ2n) is 6.80. The largest absolute Gasteiger partial charge is 0.454 e. The van der Waals surface area contributed by atoms with Crippen LogP contribution in [-0.4, -0.2) is 22.7 Å². The van der Waals surface area contributed by atoms with Gasteiger partial charge < -0.3 is 14.8 Å². The lowest BCUT2D eigenvalue weighted by Crippen LogP contribution is -2.12. The van der Waals surface area contributed by atoms with Crippen molar-refractivity contribution >= 4 is 23.4 Å². The fourth-order valence-corrected chi connectivity index (χ4v) is 3.89. The number of benzene rings is 2. The highest BCUT2D eigenvalue weighted by Gasteiger charge is 2.13. The van der Waals surface area contributed by atoms with E-state index < -0.39 is 0 Å². The minimum Gasteiger partial charge on any atom is -0.454 e. The van der Waals surface area contributed by atoms with Crippen molar-refractivity contribution in [2.45, 2.75) is 36.7 Å². The van der Waals surface area contributed by atoms with Gasteiger partial charge in [-0.15, -0.1) is 0 Å². The topological polar surface area (TPSA) is 73.3 Å². The molecular formula is C22H21N3O3S. The lowest BCUT2D eigenvalue weighted by atomic mass is 10.1. The first-order valence-electron chi connectivity index (χ1n) is 9.34. The van der Waals surface area contributed by atoms with Gasteiger partial charge in [-0.25, -0.2) is 9.97 Å². The molecule has 0 spiro atoms. The smallest absolute Gasteiger partial charge is 0.231 e. The SMILES string of the molecule is Cc1cc(C)nc(Sc2ccc(NC(=O)CCc3ccc4c(c3)OCO4)cc2)n1. The van der Waals surface area contributed by atoms with Gasteiger partial charge in [0, 0.05) is 28.4 Å². The van der Waals surface area contributed by atoms with Gasteiger partial charge in [-0.05, 0) is 80.1 Å². The summed E-state index contributed by atoms with van der Waals surface area (Å²) in [5.41, 5.74) is 3.72. The Morgan fingerprint density at radius 1 is 1.00 bits per heavy atom. The Morgan fingerprint density at radius 3 is 2.48 bits per heavy atom. The highest BCUT2D eigenvalue weighted by Crippen LogP contribution is 2.32. The summed E-state index contributed by atoms with van der Waals surface area (Å²) in [5.74, 6) is 1.46. The van der Waals surface area contributed by atoms with Gasteiger partial charge >= 0.3 is 0 Å². The molecule has 0 unspecified atom stereocenters. The zero-order valence-corrected chi connectivity index (χ0v) is 17.1. The van der Waals surface area contributed by atoms with Gasteiger partial charge in [-0.2, -0.15) is 0 Å². The molecule has 0 bridgehead atoms. The third-order valence-electron chi connectivity index (χ3n) is 4.39. The van der Waals surface area contributed by atoms with Crippen molar-refractivity contribution < 1.29 is 14.3 Å². The molecule has 4 rings (SSSR count). The number of amides is 1. The molecule has 0 saturated carbocycles. The monoisotopic (exact) mass is 407 g/mol. The van der Waals surface area contributed by atoms with Crippen LogP contribution in [0.2, 0.25) is 0 Å². The van der Waals surface area contributed by atoms with Crippen molar-refractivity contribution in [3.05, 3.63) is 65.5 Å². The molecule has 0 fully saturated rings. The Morgan fingerprint density at radius 2 is 1.72 bits per heavy atom. The Labute approximate surface area is 173 Å². The Hall–Kier alpha value is -3.06. The Bertz CT molecular complexity index is 1020. The molecule has 6 nitrogen and oxygen atoms in total. The summed E-state index contributed by atoms with van der Waals surface area (Å²) in [6.07, 6.45) is 1.03. The molecule has 0 aliphatic carbocycles. The first-order valence-corrected chi connectivity index (χ1v) is 10.2. The van der Waals surface area contributed by atoms with Crippen LogP contribution in [0.3, 0.4) is 0 Å². The molecule has 3 aromatic rings. The van der Waals surface area contributed by atoms with Crippen LogP contribution in [0.1, 0.15) is 23.4 Å². The molecule has 0 saturated heterocycles. The normalized spacial score (nSPS) is 12.1. The highest BCUT2D eigenvalue weighted by atomic mass is 32.2. The summed E-state index contributed by atoms with van der Waals surface area (Å²) in [7, 11) is 0. The number of nitrogens with zero attached hydrogens (tertiary/aromatic N) is 2. The molecule has 1 aliphatic heterocycles. The molecule has 0 radical (unpaired) electrons. The number of aromatic nitrogens is 2. The van der Waals surface area contributed by atoms with Crippen molar-refractivity contribution in [3.8, 4) is 11.5 Å². The third kappa shape index (κ3) is 5.06. The Kier molecular flexibility index (Phi) is 5.67. The maximum absolute atomic E-state index is 12.3. The van der Waals surface area contributed by atoms with E-state index in [1.54, 1.807) is 0 Å². The summed E-state index contributed by atoms with van der Waals surface area (Å²) in [6, 6.07) is 15.4. The average Bonchev–Trinajstić information content (AvgIpc) is 3.15. The number of nitrogens with one attached hydrogen (secondary N) is 1. The van der Waals surface area contributed by atoms with Gasteiger partial charge in [-0.3, -0.25) is 4.79 Å². The van der Waals surface area contributed by atoms with E-state index in [1.807, 2.05) is 62.4 Å². The standard InChI is InChI=1S/C22H21N3O3S/c1-14-11-15(2)24-22(23-14)29-18-7-5-17(6-8-18)25-21(26)10-4-16-3-9-19-20(12-16)28-13-27-19/h3,5-9,11-12H,4,10,13H2,1-2H3,(H,25,26). The zero-order valence-electron chi connectivity index (χ0n) is 16.3. The molecule has 7 heteroatoms. The minimum atomic E-state index is -0.0271. The molecule has 1 aromatic heterocycles. The summed E-state index contributed by atoms with van der Waals surface area (Å²) >= 11 is 1.50. The summed E-state index contributed by atoms with van der Waals surface area (Å²) in [6.45, 7) is 4.17. The van der Waals surface area contributed by atoms with Gasteiger partial charge in [-0.1, -0.05) is 6.07 Å². The van der Waals surface area contributed by atoms with Crippen LogP contribution in [0.25, 0.3) is 0 Å². The molecule has 1 aliphatic rings. The number of hydrogen-bond acceptors (Lipinski definition) is 6. The maximum atomic E-state index is 12.3. The van der Waals surface area contributed by atoms with Crippen molar-refractivity contribution in [1.82, 2.24) is 9.97 Å².